The molecule has 0 aliphatic rings. The Morgan fingerprint density at radius 2 is 1.78 bits per heavy atom. The summed E-state index contributed by atoms with van der Waals surface area (Å²) in [5.74, 6) is 0.866. The second kappa shape index (κ2) is 7.68. The molecule has 0 aliphatic heterocycles. The first-order valence-corrected chi connectivity index (χ1v) is 7.70. The van der Waals surface area contributed by atoms with E-state index in [-0.39, 0.29) is 5.91 Å². The molecule has 4 nitrogen and oxygen atoms in total. The summed E-state index contributed by atoms with van der Waals surface area (Å²) in [5.41, 5.74) is 2.80. The quantitative estimate of drug-likeness (QED) is 0.821. The summed E-state index contributed by atoms with van der Waals surface area (Å²) >= 11 is 0. The van der Waals surface area contributed by atoms with Gasteiger partial charge >= 0.3 is 0 Å². The summed E-state index contributed by atoms with van der Waals surface area (Å²) in [6.07, 6.45) is 0. The Labute approximate surface area is 138 Å². The van der Waals surface area contributed by atoms with Crippen molar-refractivity contribution < 1.29 is 9.53 Å². The number of hydrogen-bond donors (Lipinski definition) is 0. The van der Waals surface area contributed by atoms with Crippen molar-refractivity contribution in [1.82, 2.24) is 4.90 Å². The van der Waals surface area contributed by atoms with Gasteiger partial charge in [0.2, 0.25) is 0 Å². The van der Waals surface area contributed by atoms with E-state index >= 15 is 0 Å². The zero-order valence-corrected chi connectivity index (χ0v) is 14.2. The Balaban J connectivity index is 1.93. The van der Waals surface area contributed by atoms with Crippen LogP contribution in [0.5, 0.6) is 5.75 Å². The van der Waals surface area contributed by atoms with Gasteiger partial charge in [-0.25, -0.2) is 0 Å². The van der Waals surface area contributed by atoms with Crippen LogP contribution in [0.25, 0.3) is 0 Å². The molecule has 2 rings (SSSR count). The van der Waals surface area contributed by atoms with Crippen molar-refractivity contribution in [2.24, 2.45) is 0 Å². The second-order valence-electron chi connectivity index (χ2n) is 5.79. The third-order valence-electron chi connectivity index (χ3n) is 3.73. The lowest BCUT2D eigenvalue weighted by Crippen LogP contribution is -2.31. The summed E-state index contributed by atoms with van der Waals surface area (Å²) in [4.78, 5) is 16.2. The van der Waals surface area contributed by atoms with Gasteiger partial charge < -0.3 is 14.5 Å². The van der Waals surface area contributed by atoms with Crippen LogP contribution in [-0.4, -0.2) is 45.1 Å². The predicted molar refractivity (Wildman–Crippen MR) is 94.4 cm³/mol. The lowest BCUT2D eigenvalue weighted by molar-refractivity contribution is 0.0773. The number of para-hydroxylation sites is 1. The van der Waals surface area contributed by atoms with Crippen LogP contribution in [0.3, 0.4) is 0 Å². The van der Waals surface area contributed by atoms with E-state index in [1.807, 2.05) is 74.4 Å². The fraction of sp³-hybridized carbons (Fsp3) is 0.316. The van der Waals surface area contributed by atoms with Gasteiger partial charge in [-0.3, -0.25) is 4.79 Å². The lowest BCUT2D eigenvalue weighted by atomic mass is 10.1. The summed E-state index contributed by atoms with van der Waals surface area (Å²) in [5, 5.41) is 0. The van der Waals surface area contributed by atoms with Crippen molar-refractivity contribution in [1.29, 1.82) is 0 Å². The van der Waals surface area contributed by atoms with Gasteiger partial charge in [-0.1, -0.05) is 24.3 Å². The second-order valence-corrected chi connectivity index (χ2v) is 5.79. The first-order chi connectivity index (χ1) is 11.0. The van der Waals surface area contributed by atoms with E-state index in [2.05, 4.69) is 0 Å². The molecule has 0 radical (unpaired) electrons. The highest BCUT2D eigenvalue weighted by atomic mass is 16.5. The first-order valence-electron chi connectivity index (χ1n) is 7.70. The normalized spacial score (nSPS) is 10.3. The number of anilines is 1. The van der Waals surface area contributed by atoms with Gasteiger partial charge in [0, 0.05) is 32.4 Å². The summed E-state index contributed by atoms with van der Waals surface area (Å²) in [7, 11) is 5.72. The van der Waals surface area contributed by atoms with E-state index in [1.165, 1.54) is 0 Å². The number of carbonyl (C=O) groups is 1. The molecule has 23 heavy (non-hydrogen) atoms. The molecule has 0 saturated carbocycles. The Hall–Kier alpha value is -2.49. The summed E-state index contributed by atoms with van der Waals surface area (Å²) in [6, 6.07) is 15.5. The minimum atomic E-state index is 0.00193. The highest BCUT2D eigenvalue weighted by molar-refractivity contribution is 5.95. The molecular formula is C19H24N2O2. The molecule has 0 N–H and O–H groups in total. The topological polar surface area (TPSA) is 32.8 Å². The Bertz CT molecular complexity index is 668. The standard InChI is InChI=1S/C19H24N2O2/c1-15-8-5-6-11-18(15)23-13-12-21(4)19(22)16-9-7-10-17(14-16)20(2)3/h5-11,14H,12-13H2,1-4H3. The number of rotatable bonds is 6. The van der Waals surface area contributed by atoms with E-state index in [9.17, 15) is 4.79 Å². The monoisotopic (exact) mass is 312 g/mol. The third-order valence-corrected chi connectivity index (χ3v) is 3.73. The molecule has 0 saturated heterocycles. The lowest BCUT2D eigenvalue weighted by Gasteiger charge is -2.19. The van der Waals surface area contributed by atoms with Gasteiger partial charge in [-0.15, -0.1) is 0 Å². The number of likely N-dealkylation sites (N-methyl/N-ethyl adjacent to an activating group) is 1. The number of aryl methyl sites for hydroxylation is 1. The SMILES string of the molecule is Cc1ccccc1OCCN(C)C(=O)c1cccc(N(C)C)c1. The van der Waals surface area contributed by atoms with Gasteiger partial charge in [-0.05, 0) is 36.8 Å². The van der Waals surface area contributed by atoms with Crippen molar-refractivity contribution in [3.8, 4) is 5.75 Å². The van der Waals surface area contributed by atoms with Crippen molar-refractivity contribution in [3.05, 3.63) is 59.7 Å². The highest BCUT2D eigenvalue weighted by Crippen LogP contribution is 2.17. The van der Waals surface area contributed by atoms with Crippen LogP contribution in [0.4, 0.5) is 5.69 Å². The number of carbonyl (C=O) groups excluding carboxylic acids is 1. The predicted octanol–water partition coefficient (Wildman–Crippen LogP) is 3.21. The molecule has 0 fully saturated rings. The molecular weight excluding hydrogens is 288 g/mol. The Kier molecular flexibility index (Phi) is 5.63. The third kappa shape index (κ3) is 4.49. The van der Waals surface area contributed by atoms with Crippen LogP contribution >= 0.6 is 0 Å². The number of ether oxygens (including phenoxy) is 1. The number of benzene rings is 2. The zero-order valence-electron chi connectivity index (χ0n) is 14.2. The molecule has 0 atom stereocenters. The van der Waals surface area contributed by atoms with Crippen LogP contribution in [0, 0.1) is 6.92 Å². The van der Waals surface area contributed by atoms with Gasteiger partial charge in [0.05, 0.1) is 6.54 Å². The molecule has 1 amide bonds. The van der Waals surface area contributed by atoms with Gasteiger partial charge in [0.25, 0.3) is 5.91 Å². The van der Waals surface area contributed by atoms with E-state index < -0.39 is 0 Å². The number of hydrogen-bond acceptors (Lipinski definition) is 3. The molecule has 0 aliphatic carbocycles. The van der Waals surface area contributed by atoms with E-state index in [4.69, 9.17) is 4.74 Å². The largest absolute Gasteiger partial charge is 0.491 e. The first kappa shape index (κ1) is 16.9. The minimum absolute atomic E-state index is 0.00193. The van der Waals surface area contributed by atoms with Crippen LogP contribution in [0.1, 0.15) is 15.9 Å². The molecule has 0 spiro atoms. The maximum absolute atomic E-state index is 12.5. The molecule has 2 aromatic rings. The molecule has 0 bridgehead atoms. The fourth-order valence-corrected chi connectivity index (χ4v) is 2.25. The Morgan fingerprint density at radius 3 is 2.48 bits per heavy atom. The van der Waals surface area contributed by atoms with Crippen molar-refractivity contribution >= 4 is 11.6 Å². The fourth-order valence-electron chi connectivity index (χ4n) is 2.25. The maximum Gasteiger partial charge on any atom is 0.253 e. The van der Waals surface area contributed by atoms with Crippen molar-refractivity contribution in [2.45, 2.75) is 6.92 Å². The Morgan fingerprint density at radius 1 is 1.04 bits per heavy atom. The van der Waals surface area contributed by atoms with Crippen molar-refractivity contribution in [3.63, 3.8) is 0 Å². The molecule has 4 heteroatoms. The van der Waals surface area contributed by atoms with Crippen LogP contribution in [0.15, 0.2) is 48.5 Å². The zero-order chi connectivity index (χ0) is 16.8. The molecule has 0 aromatic heterocycles. The van der Waals surface area contributed by atoms with Crippen LogP contribution in [0.2, 0.25) is 0 Å². The molecule has 0 unspecified atom stereocenters. The number of amides is 1. The van der Waals surface area contributed by atoms with Gasteiger partial charge in [0.1, 0.15) is 12.4 Å². The molecule has 0 heterocycles. The number of nitrogens with zero attached hydrogens (tertiary/aromatic N) is 2. The summed E-state index contributed by atoms with van der Waals surface area (Å²) in [6.45, 7) is 3.02. The average molecular weight is 312 g/mol. The van der Waals surface area contributed by atoms with Crippen molar-refractivity contribution in [2.75, 3.05) is 39.2 Å². The van der Waals surface area contributed by atoms with Gasteiger partial charge in [0.15, 0.2) is 0 Å². The van der Waals surface area contributed by atoms with Crippen LogP contribution in [-0.2, 0) is 0 Å². The van der Waals surface area contributed by atoms with E-state index in [0.717, 1.165) is 17.0 Å². The molecule has 2 aromatic carbocycles. The van der Waals surface area contributed by atoms with Gasteiger partial charge in [-0.2, -0.15) is 0 Å². The van der Waals surface area contributed by atoms with E-state index in [0.29, 0.717) is 18.7 Å². The highest BCUT2D eigenvalue weighted by Gasteiger charge is 2.12. The molecule has 122 valence electrons. The van der Waals surface area contributed by atoms with Crippen LogP contribution < -0.4 is 9.64 Å². The van der Waals surface area contributed by atoms with E-state index in [1.54, 1.807) is 11.9 Å². The summed E-state index contributed by atoms with van der Waals surface area (Å²) < 4.78 is 5.75. The maximum atomic E-state index is 12.5. The average Bonchev–Trinajstić information content (AvgIpc) is 2.56. The minimum Gasteiger partial charge on any atom is -0.491 e. The smallest absolute Gasteiger partial charge is 0.253 e.